The van der Waals surface area contributed by atoms with Gasteiger partial charge in [-0.05, 0) is 55.7 Å². The second-order valence-electron chi connectivity index (χ2n) is 7.89. The van der Waals surface area contributed by atoms with E-state index in [-0.39, 0.29) is 23.7 Å². The Balaban J connectivity index is 1.53. The van der Waals surface area contributed by atoms with Crippen LogP contribution < -0.4 is 10.7 Å². The van der Waals surface area contributed by atoms with Crippen molar-refractivity contribution < 1.29 is 9.18 Å². The molecule has 0 unspecified atom stereocenters. The molecule has 5 nitrogen and oxygen atoms in total. The lowest BCUT2D eigenvalue weighted by molar-refractivity contribution is -0.117. The molecule has 0 spiro atoms. The topological polar surface area (TPSA) is 65.2 Å². The number of aryl methyl sites for hydroxylation is 3. The lowest BCUT2D eigenvalue weighted by Crippen LogP contribution is -2.39. The Hall–Kier alpha value is -2.99. The van der Waals surface area contributed by atoms with E-state index in [0.717, 1.165) is 27.9 Å². The van der Waals surface area contributed by atoms with Crippen molar-refractivity contribution in [2.45, 2.75) is 33.7 Å². The Morgan fingerprint density at radius 3 is 2.72 bits per heavy atom. The van der Waals surface area contributed by atoms with Crippen LogP contribution in [-0.4, -0.2) is 28.9 Å². The minimum Gasteiger partial charge on any atom is -0.358 e. The van der Waals surface area contributed by atoms with Gasteiger partial charge in [0.2, 0.25) is 5.91 Å². The molecular formula is C23H24FN3O2. The number of hydrogen-bond donors (Lipinski definition) is 2. The molecule has 0 bridgehead atoms. The highest BCUT2D eigenvalue weighted by Crippen LogP contribution is 2.22. The maximum absolute atomic E-state index is 13.7. The van der Waals surface area contributed by atoms with Crippen LogP contribution in [0, 0.1) is 26.6 Å². The molecule has 4 rings (SSSR count). The summed E-state index contributed by atoms with van der Waals surface area (Å²) in [7, 11) is 0. The molecule has 0 saturated heterocycles. The molecule has 3 aromatic rings. The predicted molar refractivity (Wildman–Crippen MR) is 113 cm³/mol. The number of aromatic amines is 1. The van der Waals surface area contributed by atoms with Gasteiger partial charge in [-0.1, -0.05) is 12.1 Å². The van der Waals surface area contributed by atoms with E-state index in [1.54, 1.807) is 19.1 Å². The predicted octanol–water partition coefficient (Wildman–Crippen LogP) is 3.59. The number of H-pyrrole nitrogens is 1. The van der Waals surface area contributed by atoms with Crippen molar-refractivity contribution in [2.75, 3.05) is 18.4 Å². The van der Waals surface area contributed by atoms with Crippen molar-refractivity contribution in [1.29, 1.82) is 0 Å². The van der Waals surface area contributed by atoms with Crippen molar-refractivity contribution in [3.63, 3.8) is 0 Å². The summed E-state index contributed by atoms with van der Waals surface area (Å²) in [6, 6.07) is 8.62. The normalized spacial score (nSPS) is 14.1. The number of nitrogens with zero attached hydrogens (tertiary/aromatic N) is 1. The fourth-order valence-electron chi connectivity index (χ4n) is 4.00. The maximum atomic E-state index is 13.7. The molecule has 6 heteroatoms. The molecule has 29 heavy (non-hydrogen) atoms. The third-order valence-corrected chi connectivity index (χ3v) is 5.52. The summed E-state index contributed by atoms with van der Waals surface area (Å²) in [5.41, 5.74) is 5.69. The van der Waals surface area contributed by atoms with Gasteiger partial charge in [-0.25, -0.2) is 4.39 Å². The maximum Gasteiger partial charge on any atom is 0.238 e. The standard InChI is InChI=1S/C23H24FN3O2/c1-13-8-15(3)22-17(9-13)23(29)18-11-27(7-6-20(18)26-22)12-21(28)25-16-5-4-14(2)19(24)10-16/h4-5,8-10H,6-7,11-12H2,1-3H3,(H,25,28)(H,26,29). The van der Waals surface area contributed by atoms with Crippen LogP contribution in [0.1, 0.15) is 27.9 Å². The molecular weight excluding hydrogens is 369 g/mol. The first-order valence-electron chi connectivity index (χ1n) is 9.75. The fourth-order valence-corrected chi connectivity index (χ4v) is 4.00. The highest BCUT2D eigenvalue weighted by atomic mass is 19.1. The quantitative estimate of drug-likeness (QED) is 0.715. The molecule has 2 heterocycles. The van der Waals surface area contributed by atoms with Gasteiger partial charge in [-0.2, -0.15) is 0 Å². The van der Waals surface area contributed by atoms with Gasteiger partial charge in [0.1, 0.15) is 5.82 Å². The van der Waals surface area contributed by atoms with Crippen LogP contribution in [0.3, 0.4) is 0 Å². The minimum atomic E-state index is -0.348. The van der Waals surface area contributed by atoms with Crippen molar-refractivity contribution in [2.24, 2.45) is 0 Å². The lowest BCUT2D eigenvalue weighted by atomic mass is 9.99. The Kier molecular flexibility index (Phi) is 4.96. The van der Waals surface area contributed by atoms with Crippen molar-refractivity contribution >= 4 is 22.5 Å². The summed E-state index contributed by atoms with van der Waals surface area (Å²) >= 11 is 0. The molecule has 0 atom stereocenters. The number of carbonyl (C=O) groups excluding carboxylic acids is 1. The van der Waals surface area contributed by atoms with E-state index in [2.05, 4.69) is 16.4 Å². The number of rotatable bonds is 3. The Morgan fingerprint density at radius 1 is 1.17 bits per heavy atom. The van der Waals surface area contributed by atoms with E-state index in [9.17, 15) is 14.0 Å². The van der Waals surface area contributed by atoms with Crippen LogP contribution in [0.4, 0.5) is 10.1 Å². The van der Waals surface area contributed by atoms with Crippen LogP contribution in [0.25, 0.3) is 10.9 Å². The van der Waals surface area contributed by atoms with Crippen molar-refractivity contribution in [3.05, 3.63) is 74.3 Å². The van der Waals surface area contributed by atoms with Gasteiger partial charge in [-0.15, -0.1) is 0 Å². The van der Waals surface area contributed by atoms with Gasteiger partial charge >= 0.3 is 0 Å². The molecule has 0 saturated carbocycles. The highest BCUT2D eigenvalue weighted by molar-refractivity contribution is 5.92. The molecule has 1 aliphatic rings. The number of pyridine rings is 1. The summed E-state index contributed by atoms with van der Waals surface area (Å²) in [6.07, 6.45) is 0.681. The van der Waals surface area contributed by atoms with E-state index in [0.29, 0.717) is 36.1 Å². The van der Waals surface area contributed by atoms with Crippen LogP contribution >= 0.6 is 0 Å². The minimum absolute atomic E-state index is 0.0336. The number of hydrogen-bond acceptors (Lipinski definition) is 3. The zero-order valence-electron chi connectivity index (χ0n) is 16.9. The number of amides is 1. The van der Waals surface area contributed by atoms with Crippen molar-refractivity contribution in [1.82, 2.24) is 9.88 Å². The summed E-state index contributed by atoms with van der Waals surface area (Å²) in [5, 5.41) is 3.43. The average Bonchev–Trinajstić information content (AvgIpc) is 2.66. The third-order valence-electron chi connectivity index (χ3n) is 5.52. The summed E-state index contributed by atoms with van der Waals surface area (Å²) in [4.78, 5) is 30.9. The molecule has 1 aliphatic heterocycles. The van der Waals surface area contributed by atoms with E-state index >= 15 is 0 Å². The number of carbonyl (C=O) groups is 1. The highest BCUT2D eigenvalue weighted by Gasteiger charge is 2.23. The van der Waals surface area contributed by atoms with Crippen LogP contribution in [-0.2, 0) is 17.8 Å². The van der Waals surface area contributed by atoms with Crippen LogP contribution in [0.2, 0.25) is 0 Å². The summed E-state index contributed by atoms with van der Waals surface area (Å²) in [6.45, 7) is 6.91. The first-order valence-corrected chi connectivity index (χ1v) is 9.75. The summed E-state index contributed by atoms with van der Waals surface area (Å²) in [5.74, 6) is -0.570. The Labute approximate surface area is 168 Å². The molecule has 1 aromatic heterocycles. The van der Waals surface area contributed by atoms with Gasteiger partial charge < -0.3 is 10.3 Å². The Morgan fingerprint density at radius 2 is 1.97 bits per heavy atom. The SMILES string of the molecule is Cc1cc(C)c2[nH]c3c(c(=O)c2c1)CN(CC(=O)Nc1ccc(C)c(F)c1)CC3. The number of nitrogens with one attached hydrogen (secondary N) is 2. The molecule has 1 amide bonds. The monoisotopic (exact) mass is 393 g/mol. The van der Waals surface area contributed by atoms with Gasteiger partial charge in [0.05, 0.1) is 12.1 Å². The van der Waals surface area contributed by atoms with Crippen molar-refractivity contribution in [3.8, 4) is 0 Å². The zero-order valence-corrected chi connectivity index (χ0v) is 16.9. The molecule has 150 valence electrons. The molecule has 0 aliphatic carbocycles. The van der Waals surface area contributed by atoms with Gasteiger partial charge in [-0.3, -0.25) is 14.5 Å². The first kappa shape index (κ1) is 19.3. The van der Waals surface area contributed by atoms with E-state index in [1.807, 2.05) is 24.8 Å². The smallest absolute Gasteiger partial charge is 0.238 e. The number of anilines is 1. The number of halogens is 1. The summed E-state index contributed by atoms with van der Waals surface area (Å²) < 4.78 is 13.7. The first-order chi connectivity index (χ1) is 13.8. The largest absolute Gasteiger partial charge is 0.358 e. The van der Waals surface area contributed by atoms with Gasteiger partial charge in [0.15, 0.2) is 5.43 Å². The molecule has 2 N–H and O–H groups in total. The number of aromatic nitrogens is 1. The van der Waals surface area contributed by atoms with Gasteiger partial charge in [0.25, 0.3) is 0 Å². The number of fused-ring (bicyclic) bond motifs is 2. The third kappa shape index (κ3) is 3.80. The van der Waals surface area contributed by atoms with Crippen LogP contribution in [0.15, 0.2) is 35.1 Å². The zero-order chi connectivity index (χ0) is 20.7. The van der Waals surface area contributed by atoms with Crippen LogP contribution in [0.5, 0.6) is 0 Å². The molecule has 0 fully saturated rings. The average molecular weight is 393 g/mol. The van der Waals surface area contributed by atoms with E-state index in [4.69, 9.17) is 0 Å². The van der Waals surface area contributed by atoms with E-state index in [1.165, 1.54) is 6.07 Å². The Bertz CT molecular complexity index is 1180. The van der Waals surface area contributed by atoms with E-state index < -0.39 is 0 Å². The molecule has 0 radical (unpaired) electrons. The lowest BCUT2D eigenvalue weighted by Gasteiger charge is -2.28. The molecule has 2 aromatic carbocycles. The fraction of sp³-hybridized carbons (Fsp3) is 0.304. The van der Waals surface area contributed by atoms with Gasteiger partial charge in [0, 0.05) is 41.8 Å². The second-order valence-corrected chi connectivity index (χ2v) is 7.89. The number of benzene rings is 2. The second kappa shape index (κ2) is 7.44.